The molecule has 6 heteroatoms. The van der Waals surface area contributed by atoms with Crippen LogP contribution in [-0.4, -0.2) is 36.8 Å². The third kappa shape index (κ3) is 1.90. The van der Waals surface area contributed by atoms with Crippen molar-refractivity contribution >= 4 is 27.5 Å². The van der Waals surface area contributed by atoms with E-state index < -0.39 is 10.0 Å². The molecule has 1 amide bonds. The summed E-state index contributed by atoms with van der Waals surface area (Å²) in [6.45, 7) is 0.227. The lowest BCUT2D eigenvalue weighted by molar-refractivity contribution is -0.125. The highest BCUT2D eigenvalue weighted by atomic mass is 35.5. The molecule has 1 aliphatic heterocycles. The summed E-state index contributed by atoms with van der Waals surface area (Å²) in [4.78, 5) is 11.0. The summed E-state index contributed by atoms with van der Waals surface area (Å²) in [6, 6.07) is 0. The summed E-state index contributed by atoms with van der Waals surface area (Å²) >= 11 is 5.39. The van der Waals surface area contributed by atoms with Crippen LogP contribution in [-0.2, 0) is 14.8 Å². The van der Waals surface area contributed by atoms with Crippen molar-refractivity contribution in [3.63, 3.8) is 0 Å². The van der Waals surface area contributed by atoms with E-state index in [-0.39, 0.29) is 24.6 Å². The van der Waals surface area contributed by atoms with Gasteiger partial charge in [-0.15, -0.1) is 11.6 Å². The molecule has 0 N–H and O–H groups in total. The second-order valence-electron chi connectivity index (χ2n) is 2.57. The number of carbonyl (C=O) groups is 1. The van der Waals surface area contributed by atoms with Gasteiger partial charge in [0.05, 0.1) is 5.75 Å². The van der Waals surface area contributed by atoms with E-state index in [2.05, 4.69) is 0 Å². The predicted molar refractivity (Wildman–Crippen MR) is 45.5 cm³/mol. The monoisotopic (exact) mass is 211 g/mol. The summed E-state index contributed by atoms with van der Waals surface area (Å²) in [6.07, 6.45) is 0.636. The van der Waals surface area contributed by atoms with Gasteiger partial charge in [0, 0.05) is 18.8 Å². The van der Waals surface area contributed by atoms with Crippen LogP contribution < -0.4 is 0 Å². The standard InChI is InChI=1S/C6H10ClNO3S/c7-3-1-4-8-6(9)2-5-12(8,10)11/h1-5H2. The number of carbonyl (C=O) groups excluding carboxylic acids is 1. The number of halogens is 1. The molecule has 12 heavy (non-hydrogen) atoms. The number of rotatable bonds is 3. The molecular formula is C6H10ClNO3S. The molecule has 0 aromatic carbocycles. The molecular weight excluding hydrogens is 202 g/mol. The molecule has 0 aliphatic carbocycles. The lowest BCUT2D eigenvalue weighted by Gasteiger charge is -2.12. The minimum Gasteiger partial charge on any atom is -0.274 e. The lowest BCUT2D eigenvalue weighted by Crippen LogP contribution is -2.30. The zero-order chi connectivity index (χ0) is 9.19. The van der Waals surface area contributed by atoms with E-state index in [4.69, 9.17) is 11.6 Å². The SMILES string of the molecule is O=C1CCS(=O)(=O)N1CCCCl. The average molecular weight is 212 g/mol. The summed E-state index contributed by atoms with van der Waals surface area (Å²) < 4.78 is 23.2. The first-order chi connectivity index (χ1) is 5.58. The highest BCUT2D eigenvalue weighted by molar-refractivity contribution is 7.90. The number of hydrogen-bond acceptors (Lipinski definition) is 3. The van der Waals surface area contributed by atoms with E-state index in [0.29, 0.717) is 12.3 Å². The Kier molecular flexibility index (Phi) is 2.95. The molecule has 0 aromatic rings. The van der Waals surface area contributed by atoms with E-state index in [9.17, 15) is 13.2 Å². The van der Waals surface area contributed by atoms with Gasteiger partial charge in [0.2, 0.25) is 15.9 Å². The van der Waals surface area contributed by atoms with Crippen molar-refractivity contribution in [1.82, 2.24) is 4.31 Å². The molecule has 0 spiro atoms. The van der Waals surface area contributed by atoms with Crippen LogP contribution >= 0.6 is 11.6 Å². The van der Waals surface area contributed by atoms with Crippen LogP contribution in [0.1, 0.15) is 12.8 Å². The molecule has 0 radical (unpaired) electrons. The van der Waals surface area contributed by atoms with Crippen molar-refractivity contribution in [1.29, 1.82) is 0 Å². The maximum atomic E-state index is 11.1. The highest BCUT2D eigenvalue weighted by Gasteiger charge is 2.33. The molecule has 0 unspecified atom stereocenters. The van der Waals surface area contributed by atoms with Gasteiger partial charge in [0.1, 0.15) is 0 Å². The Morgan fingerprint density at radius 3 is 2.58 bits per heavy atom. The van der Waals surface area contributed by atoms with Crippen molar-refractivity contribution in [3.8, 4) is 0 Å². The van der Waals surface area contributed by atoms with Gasteiger partial charge in [0.15, 0.2) is 0 Å². The number of hydrogen-bond donors (Lipinski definition) is 0. The van der Waals surface area contributed by atoms with Crippen molar-refractivity contribution < 1.29 is 13.2 Å². The molecule has 0 saturated carbocycles. The topological polar surface area (TPSA) is 54.5 Å². The van der Waals surface area contributed by atoms with Crippen LogP contribution in [0.25, 0.3) is 0 Å². The molecule has 0 atom stereocenters. The van der Waals surface area contributed by atoms with Crippen LogP contribution in [0.4, 0.5) is 0 Å². The first-order valence-corrected chi connectivity index (χ1v) is 5.81. The van der Waals surface area contributed by atoms with E-state index in [1.807, 2.05) is 0 Å². The smallest absolute Gasteiger partial charge is 0.237 e. The molecule has 0 aromatic heterocycles. The first-order valence-electron chi connectivity index (χ1n) is 3.67. The molecule has 4 nitrogen and oxygen atoms in total. The van der Waals surface area contributed by atoms with Crippen molar-refractivity contribution in [2.75, 3.05) is 18.2 Å². The Morgan fingerprint density at radius 1 is 1.50 bits per heavy atom. The van der Waals surface area contributed by atoms with Gasteiger partial charge >= 0.3 is 0 Å². The number of sulfonamides is 1. The number of amides is 1. The van der Waals surface area contributed by atoms with E-state index in [1.165, 1.54) is 0 Å². The maximum Gasteiger partial charge on any atom is 0.237 e. The van der Waals surface area contributed by atoms with Crippen molar-refractivity contribution in [3.05, 3.63) is 0 Å². The predicted octanol–water partition coefficient (Wildman–Crippen LogP) is 0.177. The van der Waals surface area contributed by atoms with Gasteiger partial charge < -0.3 is 0 Å². The minimum atomic E-state index is -3.28. The zero-order valence-electron chi connectivity index (χ0n) is 6.49. The molecule has 0 bridgehead atoms. The average Bonchev–Trinajstić information content (AvgIpc) is 2.24. The Labute approximate surface area is 76.5 Å². The summed E-state index contributed by atoms with van der Waals surface area (Å²) in [5, 5.41) is 0. The second kappa shape index (κ2) is 3.62. The zero-order valence-corrected chi connectivity index (χ0v) is 8.07. The first kappa shape index (κ1) is 9.80. The molecule has 1 heterocycles. The van der Waals surface area contributed by atoms with Crippen LogP contribution in [0.15, 0.2) is 0 Å². The fourth-order valence-electron chi connectivity index (χ4n) is 1.07. The highest BCUT2D eigenvalue weighted by Crippen LogP contribution is 2.15. The normalized spacial score (nSPS) is 21.8. The Hall–Kier alpha value is -0.290. The van der Waals surface area contributed by atoms with Crippen LogP contribution in [0.2, 0.25) is 0 Å². The fourth-order valence-corrected chi connectivity index (χ4v) is 2.65. The third-order valence-corrected chi connectivity index (χ3v) is 3.73. The van der Waals surface area contributed by atoms with Crippen molar-refractivity contribution in [2.24, 2.45) is 0 Å². The molecule has 1 saturated heterocycles. The summed E-state index contributed by atoms with van der Waals surface area (Å²) in [7, 11) is -3.28. The lowest BCUT2D eigenvalue weighted by atomic mass is 10.4. The number of alkyl halides is 1. The van der Waals surface area contributed by atoms with Crippen molar-refractivity contribution in [2.45, 2.75) is 12.8 Å². The Bertz CT molecular complexity index is 275. The minimum absolute atomic E-state index is 0.0475. The van der Waals surface area contributed by atoms with E-state index >= 15 is 0 Å². The van der Waals surface area contributed by atoms with Gasteiger partial charge in [0.25, 0.3) is 0 Å². The molecule has 1 rings (SSSR count). The van der Waals surface area contributed by atoms with E-state index in [0.717, 1.165) is 4.31 Å². The van der Waals surface area contributed by atoms with Gasteiger partial charge in [-0.1, -0.05) is 0 Å². The number of nitrogens with zero attached hydrogens (tertiary/aromatic N) is 1. The summed E-state index contributed by atoms with van der Waals surface area (Å²) in [5.74, 6) is 0.0214. The molecule has 1 aliphatic rings. The maximum absolute atomic E-state index is 11.1. The van der Waals surface area contributed by atoms with Gasteiger partial charge in [-0.3, -0.25) is 4.79 Å². The Morgan fingerprint density at radius 2 is 2.17 bits per heavy atom. The molecule has 70 valence electrons. The largest absolute Gasteiger partial charge is 0.274 e. The van der Waals surface area contributed by atoms with Gasteiger partial charge in [-0.25, -0.2) is 12.7 Å². The third-order valence-electron chi connectivity index (χ3n) is 1.68. The summed E-state index contributed by atoms with van der Waals surface area (Å²) in [5.41, 5.74) is 0. The fraction of sp³-hybridized carbons (Fsp3) is 0.833. The van der Waals surface area contributed by atoms with Gasteiger partial charge in [-0.05, 0) is 6.42 Å². The molecule has 1 fully saturated rings. The van der Waals surface area contributed by atoms with Crippen LogP contribution in [0.3, 0.4) is 0 Å². The quantitative estimate of drug-likeness (QED) is 0.626. The van der Waals surface area contributed by atoms with E-state index in [1.54, 1.807) is 0 Å². The van der Waals surface area contributed by atoms with Gasteiger partial charge in [-0.2, -0.15) is 0 Å². The van der Waals surface area contributed by atoms with Crippen LogP contribution in [0.5, 0.6) is 0 Å². The Balaban J connectivity index is 2.66. The van der Waals surface area contributed by atoms with Crippen LogP contribution in [0, 0.1) is 0 Å². The second-order valence-corrected chi connectivity index (χ2v) is 4.97.